The Labute approximate surface area is 98.8 Å². The van der Waals surface area contributed by atoms with Crippen molar-refractivity contribution < 1.29 is 8.78 Å². The number of fused-ring (bicyclic) bond motifs is 1. The van der Waals surface area contributed by atoms with Crippen LogP contribution in [0.2, 0.25) is 0 Å². The minimum Gasteiger partial charge on any atom is -0.311 e. The van der Waals surface area contributed by atoms with Crippen LogP contribution >= 0.6 is 0 Å². The molecule has 1 saturated heterocycles. The first-order valence-corrected chi connectivity index (χ1v) is 5.64. The highest BCUT2D eigenvalue weighted by atomic mass is 19.3. The van der Waals surface area contributed by atoms with Crippen LogP contribution in [0.5, 0.6) is 0 Å². The van der Waals surface area contributed by atoms with Crippen molar-refractivity contribution >= 4 is 0 Å². The zero-order chi connectivity index (χ0) is 12.1. The van der Waals surface area contributed by atoms with Crippen LogP contribution in [0.1, 0.15) is 11.1 Å². The Bertz CT molecular complexity index is 501. The van der Waals surface area contributed by atoms with Gasteiger partial charge < -0.3 is 5.32 Å². The van der Waals surface area contributed by atoms with Crippen LogP contribution in [0, 0.1) is 0 Å². The smallest absolute Gasteiger partial charge is 0.291 e. The number of allylic oxidation sites excluding steroid dienone is 1. The molecule has 0 amide bonds. The Kier molecular flexibility index (Phi) is 2.05. The molecule has 1 N–H and O–H groups in total. The van der Waals surface area contributed by atoms with Gasteiger partial charge in [-0.05, 0) is 17.2 Å². The molecule has 0 spiro atoms. The Morgan fingerprint density at radius 1 is 1.29 bits per heavy atom. The topological polar surface area (TPSA) is 12.0 Å². The molecule has 1 atom stereocenters. The molecule has 1 fully saturated rings. The molecular weight excluding hydrogens is 220 g/mol. The predicted octanol–water partition coefficient (Wildman–Crippen LogP) is 2.75. The molecule has 1 aliphatic carbocycles. The minimum atomic E-state index is -2.94. The molecule has 1 heterocycles. The summed E-state index contributed by atoms with van der Waals surface area (Å²) in [6, 6.07) is 6.58. The van der Waals surface area contributed by atoms with E-state index in [4.69, 9.17) is 0 Å². The van der Waals surface area contributed by atoms with E-state index in [1.807, 2.05) is 0 Å². The molecule has 0 bridgehead atoms. The fourth-order valence-corrected chi connectivity index (χ4v) is 2.51. The molecule has 88 valence electrons. The Morgan fingerprint density at radius 3 is 2.47 bits per heavy atom. The van der Waals surface area contributed by atoms with Gasteiger partial charge in [-0.15, -0.1) is 0 Å². The number of hydrogen-bond acceptors (Lipinski definition) is 1. The van der Waals surface area contributed by atoms with E-state index < -0.39 is 5.92 Å². The molecule has 1 aromatic rings. The summed E-state index contributed by atoms with van der Waals surface area (Å²) in [5, 5.41) is 3.28. The van der Waals surface area contributed by atoms with Crippen LogP contribution in [0.15, 0.2) is 48.6 Å². The Balaban J connectivity index is 1.89. The number of alkyl halides is 2. The maximum Gasteiger partial charge on any atom is 0.291 e. The third-order valence-corrected chi connectivity index (χ3v) is 3.67. The van der Waals surface area contributed by atoms with Gasteiger partial charge in [0.1, 0.15) is 0 Å². The van der Waals surface area contributed by atoms with Gasteiger partial charge in [-0.1, -0.05) is 36.9 Å². The van der Waals surface area contributed by atoms with Crippen LogP contribution < -0.4 is 5.32 Å². The van der Waals surface area contributed by atoms with E-state index in [1.54, 1.807) is 12.1 Å². The normalized spacial score (nSPS) is 26.4. The second kappa shape index (κ2) is 3.26. The second-order valence-electron chi connectivity index (χ2n) is 4.65. The molecule has 2 aliphatic rings. The fourth-order valence-electron chi connectivity index (χ4n) is 2.51. The summed E-state index contributed by atoms with van der Waals surface area (Å²) in [7, 11) is 0. The molecule has 0 radical (unpaired) electrons. The van der Waals surface area contributed by atoms with Gasteiger partial charge >= 0.3 is 0 Å². The van der Waals surface area contributed by atoms with Crippen LogP contribution in [-0.4, -0.2) is 13.1 Å². The first-order valence-electron chi connectivity index (χ1n) is 5.64. The quantitative estimate of drug-likeness (QED) is 0.791. The number of hydrogen-bond donors (Lipinski definition) is 1. The van der Waals surface area contributed by atoms with Gasteiger partial charge in [-0.2, -0.15) is 8.78 Å². The molecule has 1 aromatic carbocycles. The van der Waals surface area contributed by atoms with Crippen molar-refractivity contribution in [2.75, 3.05) is 13.1 Å². The van der Waals surface area contributed by atoms with E-state index in [-0.39, 0.29) is 11.0 Å². The Hall–Kier alpha value is -1.48. The van der Waals surface area contributed by atoms with E-state index in [0.717, 1.165) is 18.7 Å². The highest BCUT2D eigenvalue weighted by molar-refractivity contribution is 5.59. The highest BCUT2D eigenvalue weighted by Crippen LogP contribution is 2.49. The SMILES string of the molecule is C=CC(F)(F)c1ccc([C@]23C=C2CNC3)cc1. The summed E-state index contributed by atoms with van der Waals surface area (Å²) >= 11 is 0. The first kappa shape index (κ1) is 10.7. The monoisotopic (exact) mass is 233 g/mol. The number of benzene rings is 1. The Morgan fingerprint density at radius 2 is 2.00 bits per heavy atom. The van der Waals surface area contributed by atoms with Crippen molar-refractivity contribution in [2.24, 2.45) is 0 Å². The van der Waals surface area contributed by atoms with Gasteiger partial charge in [0.25, 0.3) is 5.92 Å². The van der Waals surface area contributed by atoms with Gasteiger partial charge in [-0.25, -0.2) is 0 Å². The van der Waals surface area contributed by atoms with Crippen molar-refractivity contribution in [3.8, 4) is 0 Å². The van der Waals surface area contributed by atoms with E-state index in [0.29, 0.717) is 6.08 Å². The minimum absolute atomic E-state index is 0.000746. The molecule has 0 aromatic heterocycles. The van der Waals surface area contributed by atoms with Gasteiger partial charge in [0.2, 0.25) is 0 Å². The van der Waals surface area contributed by atoms with Crippen LogP contribution in [0.25, 0.3) is 0 Å². The summed E-state index contributed by atoms with van der Waals surface area (Å²) in [6.45, 7) is 4.97. The molecule has 1 nitrogen and oxygen atoms in total. The number of rotatable bonds is 3. The van der Waals surface area contributed by atoms with Crippen molar-refractivity contribution in [3.63, 3.8) is 0 Å². The van der Waals surface area contributed by atoms with E-state index in [1.165, 1.54) is 17.7 Å². The lowest BCUT2D eigenvalue weighted by Crippen LogP contribution is -2.20. The molecule has 3 heteroatoms. The van der Waals surface area contributed by atoms with Crippen molar-refractivity contribution in [1.29, 1.82) is 0 Å². The third kappa shape index (κ3) is 1.46. The molecule has 0 unspecified atom stereocenters. The number of halogens is 2. The summed E-state index contributed by atoms with van der Waals surface area (Å²) in [4.78, 5) is 0. The lowest BCUT2D eigenvalue weighted by Gasteiger charge is -2.16. The second-order valence-corrected chi connectivity index (χ2v) is 4.65. The van der Waals surface area contributed by atoms with E-state index >= 15 is 0 Å². The summed E-state index contributed by atoms with van der Waals surface area (Å²) < 4.78 is 26.7. The standard InChI is InChI=1S/C14H13F2N/c1-2-14(15,16)11-5-3-10(4-6-11)13-7-12(13)8-17-9-13/h2-7,17H,1,8-9H2/t13-/m1/s1. The van der Waals surface area contributed by atoms with Crippen molar-refractivity contribution in [3.05, 3.63) is 59.7 Å². The average Bonchev–Trinajstić information content (AvgIpc) is 2.92. The van der Waals surface area contributed by atoms with Gasteiger partial charge in [0.15, 0.2) is 0 Å². The maximum absolute atomic E-state index is 13.4. The van der Waals surface area contributed by atoms with Gasteiger partial charge in [-0.3, -0.25) is 0 Å². The molecule has 3 rings (SSSR count). The molecule has 17 heavy (non-hydrogen) atoms. The average molecular weight is 233 g/mol. The van der Waals surface area contributed by atoms with Crippen molar-refractivity contribution in [2.45, 2.75) is 11.3 Å². The third-order valence-electron chi connectivity index (χ3n) is 3.67. The van der Waals surface area contributed by atoms with Gasteiger partial charge in [0, 0.05) is 24.1 Å². The largest absolute Gasteiger partial charge is 0.311 e. The predicted molar refractivity (Wildman–Crippen MR) is 63.2 cm³/mol. The maximum atomic E-state index is 13.4. The lowest BCUT2D eigenvalue weighted by atomic mass is 9.91. The van der Waals surface area contributed by atoms with Gasteiger partial charge in [0.05, 0.1) is 0 Å². The first-order chi connectivity index (χ1) is 8.08. The molecule has 0 saturated carbocycles. The van der Waals surface area contributed by atoms with E-state index in [9.17, 15) is 8.78 Å². The van der Waals surface area contributed by atoms with Crippen LogP contribution in [0.4, 0.5) is 8.78 Å². The lowest BCUT2D eigenvalue weighted by molar-refractivity contribution is 0.0525. The van der Waals surface area contributed by atoms with Crippen LogP contribution in [-0.2, 0) is 11.3 Å². The number of nitrogens with one attached hydrogen (secondary N) is 1. The summed E-state index contributed by atoms with van der Waals surface area (Å²) in [5.74, 6) is -2.94. The summed E-state index contributed by atoms with van der Waals surface area (Å²) in [5.41, 5.74) is 2.50. The fraction of sp³-hybridized carbons (Fsp3) is 0.286. The molecule has 1 aliphatic heterocycles. The van der Waals surface area contributed by atoms with E-state index in [2.05, 4.69) is 18.0 Å². The zero-order valence-corrected chi connectivity index (χ0v) is 9.34. The van der Waals surface area contributed by atoms with Crippen molar-refractivity contribution in [1.82, 2.24) is 5.32 Å². The zero-order valence-electron chi connectivity index (χ0n) is 9.34. The summed E-state index contributed by atoms with van der Waals surface area (Å²) in [6.07, 6.45) is 2.89. The van der Waals surface area contributed by atoms with Crippen LogP contribution in [0.3, 0.4) is 0 Å². The highest BCUT2D eigenvalue weighted by Gasteiger charge is 2.48. The molecular formula is C14H13F2N.